The van der Waals surface area contributed by atoms with Crippen molar-refractivity contribution in [3.05, 3.63) is 59.1 Å². The molecule has 3 aromatic rings. The monoisotopic (exact) mass is 303 g/mol. The molecule has 1 aromatic carbocycles. The average molecular weight is 304 g/mol. The summed E-state index contributed by atoms with van der Waals surface area (Å²) in [4.78, 5) is 4.25. The van der Waals surface area contributed by atoms with Crippen LogP contribution in [0.3, 0.4) is 0 Å². The largest absolute Gasteiger partial charge is 0.269 e. The maximum Gasteiger partial charge on any atom is 0.269 e. The summed E-state index contributed by atoms with van der Waals surface area (Å²) in [5.74, 6) is 0.672. The second-order valence-corrected chi connectivity index (χ2v) is 5.38. The first-order valence-electron chi connectivity index (χ1n) is 6.58. The molecule has 4 rings (SSSR count). The molecule has 2 aromatic heterocycles. The standard InChI is InChI=1S/C14H11ClFN5/c15-10-7-17-20(8-10)14-18-13-11(16)6-12(21(13)19-14)9-4-2-1-3-5-9/h1-5,7-8,11-12H,6H2. The molecule has 0 amide bonds. The van der Waals surface area contributed by atoms with Gasteiger partial charge in [-0.3, -0.25) is 0 Å². The van der Waals surface area contributed by atoms with Crippen LogP contribution in [0.15, 0.2) is 42.7 Å². The van der Waals surface area contributed by atoms with E-state index in [1.54, 1.807) is 10.9 Å². The minimum absolute atomic E-state index is 0.136. The topological polar surface area (TPSA) is 48.5 Å². The third kappa shape index (κ3) is 2.03. The van der Waals surface area contributed by atoms with E-state index >= 15 is 0 Å². The lowest BCUT2D eigenvalue weighted by atomic mass is 10.0. The van der Waals surface area contributed by atoms with E-state index in [0.29, 0.717) is 23.2 Å². The Kier molecular flexibility index (Phi) is 2.78. The Hall–Kier alpha value is -2.21. The van der Waals surface area contributed by atoms with Crippen LogP contribution in [0.4, 0.5) is 4.39 Å². The van der Waals surface area contributed by atoms with Gasteiger partial charge in [0.05, 0.1) is 23.5 Å². The van der Waals surface area contributed by atoms with Crippen LogP contribution in [0.1, 0.15) is 30.0 Å². The number of halogens is 2. The second-order valence-electron chi connectivity index (χ2n) is 4.95. The van der Waals surface area contributed by atoms with E-state index in [4.69, 9.17) is 11.6 Å². The van der Waals surface area contributed by atoms with Gasteiger partial charge in [-0.1, -0.05) is 41.9 Å². The van der Waals surface area contributed by atoms with Gasteiger partial charge in [-0.25, -0.2) is 13.8 Å². The van der Waals surface area contributed by atoms with Crippen molar-refractivity contribution in [2.24, 2.45) is 0 Å². The number of rotatable bonds is 2. The zero-order valence-corrected chi connectivity index (χ0v) is 11.7. The molecule has 0 aliphatic carbocycles. The Labute approximate surface area is 125 Å². The molecule has 21 heavy (non-hydrogen) atoms. The van der Waals surface area contributed by atoms with E-state index in [9.17, 15) is 4.39 Å². The van der Waals surface area contributed by atoms with Crippen LogP contribution in [0.5, 0.6) is 0 Å². The van der Waals surface area contributed by atoms with Crippen molar-refractivity contribution in [1.29, 1.82) is 0 Å². The number of nitrogens with zero attached hydrogens (tertiary/aromatic N) is 5. The normalized spacial score (nSPS) is 20.7. The highest BCUT2D eigenvalue weighted by atomic mass is 35.5. The summed E-state index contributed by atoms with van der Waals surface area (Å²) in [5.41, 5.74) is 1.02. The maximum atomic E-state index is 14.2. The van der Waals surface area contributed by atoms with Crippen LogP contribution in [0.2, 0.25) is 5.02 Å². The van der Waals surface area contributed by atoms with Crippen molar-refractivity contribution >= 4 is 11.6 Å². The molecular formula is C14H11ClFN5. The van der Waals surface area contributed by atoms with Crippen molar-refractivity contribution in [1.82, 2.24) is 24.5 Å². The molecule has 7 heteroatoms. The van der Waals surface area contributed by atoms with Crippen molar-refractivity contribution in [3.63, 3.8) is 0 Å². The molecule has 0 N–H and O–H groups in total. The van der Waals surface area contributed by atoms with Crippen LogP contribution >= 0.6 is 11.6 Å². The lowest BCUT2D eigenvalue weighted by molar-refractivity contribution is 0.328. The van der Waals surface area contributed by atoms with Crippen molar-refractivity contribution in [2.75, 3.05) is 0 Å². The van der Waals surface area contributed by atoms with E-state index in [-0.39, 0.29) is 6.04 Å². The van der Waals surface area contributed by atoms with E-state index < -0.39 is 6.17 Å². The third-order valence-corrected chi connectivity index (χ3v) is 3.79. The first-order chi connectivity index (χ1) is 10.2. The molecule has 2 unspecified atom stereocenters. The lowest BCUT2D eigenvalue weighted by Crippen LogP contribution is -2.08. The fraction of sp³-hybridized carbons (Fsp3) is 0.214. The number of aromatic nitrogens is 5. The molecule has 0 saturated heterocycles. The van der Waals surface area contributed by atoms with Gasteiger partial charge in [0.15, 0.2) is 12.0 Å². The number of benzene rings is 1. The molecule has 0 radical (unpaired) electrons. The van der Waals surface area contributed by atoms with Crippen molar-refractivity contribution < 1.29 is 4.39 Å². The molecule has 2 atom stereocenters. The van der Waals surface area contributed by atoms with E-state index in [1.165, 1.54) is 10.9 Å². The molecule has 1 aliphatic rings. The Morgan fingerprint density at radius 1 is 1.24 bits per heavy atom. The highest BCUT2D eigenvalue weighted by Gasteiger charge is 2.35. The predicted octanol–water partition coefficient (Wildman–Crippen LogP) is 3.12. The van der Waals surface area contributed by atoms with Gasteiger partial charge in [-0.2, -0.15) is 10.1 Å². The highest BCUT2D eigenvalue weighted by molar-refractivity contribution is 6.30. The molecule has 0 spiro atoms. The summed E-state index contributed by atoms with van der Waals surface area (Å²) in [6, 6.07) is 9.61. The lowest BCUT2D eigenvalue weighted by Gasteiger charge is -2.11. The van der Waals surface area contributed by atoms with Gasteiger partial charge in [-0.15, -0.1) is 5.10 Å². The van der Waals surface area contributed by atoms with Crippen LogP contribution in [0, 0.1) is 0 Å². The van der Waals surface area contributed by atoms with E-state index in [1.807, 2.05) is 30.3 Å². The Morgan fingerprint density at radius 3 is 2.76 bits per heavy atom. The summed E-state index contributed by atoms with van der Waals surface area (Å²) in [6.45, 7) is 0. The van der Waals surface area contributed by atoms with Crippen molar-refractivity contribution in [3.8, 4) is 5.95 Å². The molecular weight excluding hydrogens is 293 g/mol. The molecule has 5 nitrogen and oxygen atoms in total. The smallest absolute Gasteiger partial charge is 0.239 e. The number of hydrogen-bond acceptors (Lipinski definition) is 3. The van der Waals surface area contributed by atoms with Crippen LogP contribution in [0.25, 0.3) is 5.95 Å². The van der Waals surface area contributed by atoms with E-state index in [0.717, 1.165) is 5.56 Å². The molecule has 106 valence electrons. The van der Waals surface area contributed by atoms with Gasteiger partial charge in [0.25, 0.3) is 5.95 Å². The minimum Gasteiger partial charge on any atom is -0.239 e. The first-order valence-corrected chi connectivity index (χ1v) is 6.96. The summed E-state index contributed by atoms with van der Waals surface area (Å²) >= 11 is 5.84. The Bertz CT molecular complexity index is 782. The van der Waals surface area contributed by atoms with Gasteiger partial charge >= 0.3 is 0 Å². The van der Waals surface area contributed by atoms with E-state index in [2.05, 4.69) is 15.2 Å². The van der Waals surface area contributed by atoms with Crippen molar-refractivity contribution in [2.45, 2.75) is 18.6 Å². The quantitative estimate of drug-likeness (QED) is 0.731. The number of fused-ring (bicyclic) bond motifs is 1. The Balaban J connectivity index is 1.77. The zero-order valence-electron chi connectivity index (χ0n) is 10.9. The molecule has 0 saturated carbocycles. The SMILES string of the molecule is FC1CC(c2ccccc2)n2nc(-n3cc(Cl)cn3)nc21. The number of alkyl halides is 1. The summed E-state index contributed by atoms with van der Waals surface area (Å²) in [6.07, 6.45) is 2.33. The van der Waals surface area contributed by atoms with Crippen LogP contribution in [-0.4, -0.2) is 24.5 Å². The van der Waals surface area contributed by atoms with Gasteiger partial charge in [-0.05, 0) is 5.56 Å². The fourth-order valence-corrected chi connectivity index (χ4v) is 2.76. The zero-order chi connectivity index (χ0) is 14.4. The number of hydrogen-bond donors (Lipinski definition) is 0. The molecule has 3 heterocycles. The Morgan fingerprint density at radius 2 is 2.05 bits per heavy atom. The first kappa shape index (κ1) is 12.5. The second kappa shape index (κ2) is 4.66. The maximum absolute atomic E-state index is 14.2. The fourth-order valence-electron chi connectivity index (χ4n) is 2.63. The highest BCUT2D eigenvalue weighted by Crippen LogP contribution is 2.39. The average Bonchev–Trinajstić information content (AvgIpc) is 3.17. The van der Waals surface area contributed by atoms with Crippen LogP contribution in [-0.2, 0) is 0 Å². The molecule has 0 fully saturated rings. The summed E-state index contributed by atoms with van der Waals surface area (Å²) < 4.78 is 17.3. The summed E-state index contributed by atoms with van der Waals surface area (Å²) in [5, 5.41) is 8.92. The minimum atomic E-state index is -1.12. The predicted molar refractivity (Wildman–Crippen MR) is 75.2 cm³/mol. The van der Waals surface area contributed by atoms with Gasteiger partial charge < -0.3 is 0 Å². The molecule has 1 aliphatic heterocycles. The van der Waals surface area contributed by atoms with Gasteiger partial charge in [0, 0.05) is 6.42 Å². The van der Waals surface area contributed by atoms with Gasteiger partial charge in [0.2, 0.25) is 0 Å². The van der Waals surface area contributed by atoms with Crippen LogP contribution < -0.4 is 0 Å². The summed E-state index contributed by atoms with van der Waals surface area (Å²) in [7, 11) is 0. The van der Waals surface area contributed by atoms with Gasteiger partial charge in [0.1, 0.15) is 0 Å². The molecule has 0 bridgehead atoms. The third-order valence-electron chi connectivity index (χ3n) is 3.59.